The summed E-state index contributed by atoms with van der Waals surface area (Å²) in [6.07, 6.45) is 3.76. The molecule has 1 aliphatic rings. The maximum absolute atomic E-state index is 13.1. The monoisotopic (exact) mass is 446 g/mol. The molecule has 2 aromatic carbocycles. The third kappa shape index (κ3) is 6.15. The first-order valence-corrected chi connectivity index (χ1v) is 11.5. The maximum atomic E-state index is 13.1. The Morgan fingerprint density at radius 1 is 1.15 bits per heavy atom. The molecule has 0 aliphatic carbocycles. The third-order valence-corrected chi connectivity index (χ3v) is 6.06. The summed E-state index contributed by atoms with van der Waals surface area (Å²) in [7, 11) is 0. The Balaban J connectivity index is 1.33. The summed E-state index contributed by atoms with van der Waals surface area (Å²) >= 11 is 0. The molecule has 6 heteroatoms. The predicted molar refractivity (Wildman–Crippen MR) is 131 cm³/mol. The molecule has 1 aliphatic heterocycles. The first-order valence-electron chi connectivity index (χ1n) is 11.5. The molecule has 0 saturated carbocycles. The normalized spacial score (nSPS) is 16.1. The average molecular weight is 447 g/mol. The lowest BCUT2D eigenvalue weighted by atomic mass is 9.85. The zero-order valence-electron chi connectivity index (χ0n) is 19.5. The molecule has 1 aromatic heterocycles. The van der Waals surface area contributed by atoms with E-state index in [0.29, 0.717) is 24.7 Å². The highest BCUT2D eigenvalue weighted by Crippen LogP contribution is 2.27. The van der Waals surface area contributed by atoms with Crippen molar-refractivity contribution in [3.63, 3.8) is 0 Å². The van der Waals surface area contributed by atoms with E-state index in [-0.39, 0.29) is 17.0 Å². The van der Waals surface area contributed by atoms with E-state index in [1.54, 1.807) is 18.3 Å². The van der Waals surface area contributed by atoms with Crippen molar-refractivity contribution in [2.75, 3.05) is 23.3 Å². The van der Waals surface area contributed by atoms with Crippen molar-refractivity contribution >= 4 is 23.2 Å². The molecular formula is C27H31FN4O. The fraction of sp³-hybridized carbons (Fsp3) is 0.370. The van der Waals surface area contributed by atoms with Crippen LogP contribution in [0.25, 0.3) is 0 Å². The molecule has 5 nitrogen and oxygen atoms in total. The van der Waals surface area contributed by atoms with Crippen LogP contribution in [-0.4, -0.2) is 28.8 Å². The van der Waals surface area contributed by atoms with Gasteiger partial charge in [-0.3, -0.25) is 4.79 Å². The van der Waals surface area contributed by atoms with E-state index >= 15 is 0 Å². The summed E-state index contributed by atoms with van der Waals surface area (Å²) in [6, 6.07) is 16.4. The van der Waals surface area contributed by atoms with E-state index in [1.165, 1.54) is 17.7 Å². The number of carbonyl (C=O) groups excluding carboxylic acids is 1. The summed E-state index contributed by atoms with van der Waals surface area (Å²) in [6.45, 7) is 8.24. The predicted octanol–water partition coefficient (Wildman–Crippen LogP) is 5.69. The van der Waals surface area contributed by atoms with Crippen LogP contribution in [0, 0.1) is 11.7 Å². The van der Waals surface area contributed by atoms with Gasteiger partial charge < -0.3 is 10.2 Å². The number of rotatable bonds is 7. The van der Waals surface area contributed by atoms with Crippen LogP contribution in [0.15, 0.2) is 60.8 Å². The highest BCUT2D eigenvalue weighted by atomic mass is 19.1. The number of Topliss-reactive ketones (excluding diaryl/α,β-unsaturated/α-hetero) is 1. The summed E-state index contributed by atoms with van der Waals surface area (Å²) in [5, 5.41) is 3.11. The van der Waals surface area contributed by atoms with Crippen LogP contribution in [0.3, 0.4) is 0 Å². The van der Waals surface area contributed by atoms with Gasteiger partial charge in [0.25, 0.3) is 0 Å². The van der Waals surface area contributed by atoms with Crippen LogP contribution < -0.4 is 10.2 Å². The van der Waals surface area contributed by atoms with Crippen molar-refractivity contribution in [1.82, 2.24) is 9.97 Å². The van der Waals surface area contributed by atoms with Gasteiger partial charge in [0.15, 0.2) is 0 Å². The molecule has 0 bridgehead atoms. The topological polar surface area (TPSA) is 58.1 Å². The lowest BCUT2D eigenvalue weighted by molar-refractivity contribution is -0.119. The van der Waals surface area contributed by atoms with Gasteiger partial charge >= 0.3 is 0 Å². The molecule has 0 amide bonds. The van der Waals surface area contributed by atoms with Gasteiger partial charge in [-0.1, -0.05) is 45.0 Å². The SMILES string of the molecule is CC(C)(C)c1cccc(CC(=O)CC2CCN(c3ccnc(Nc4ccc(F)cc4)n3)C2)c1. The second-order valence-corrected chi connectivity index (χ2v) is 9.84. The molecule has 172 valence electrons. The number of aromatic nitrogens is 2. The Morgan fingerprint density at radius 2 is 1.94 bits per heavy atom. The van der Waals surface area contributed by atoms with Gasteiger partial charge in [0.2, 0.25) is 5.95 Å². The number of anilines is 3. The second-order valence-electron chi connectivity index (χ2n) is 9.84. The number of halogens is 1. The fourth-order valence-electron chi connectivity index (χ4n) is 4.22. The van der Waals surface area contributed by atoms with Crippen molar-refractivity contribution in [3.8, 4) is 0 Å². The summed E-state index contributed by atoms with van der Waals surface area (Å²) in [5.41, 5.74) is 3.16. The van der Waals surface area contributed by atoms with Gasteiger partial charge in [-0.25, -0.2) is 9.37 Å². The second kappa shape index (κ2) is 9.69. The van der Waals surface area contributed by atoms with E-state index in [0.717, 1.165) is 36.6 Å². The lowest BCUT2D eigenvalue weighted by Gasteiger charge is -2.20. The van der Waals surface area contributed by atoms with Gasteiger partial charge in [0.05, 0.1) is 0 Å². The van der Waals surface area contributed by atoms with Crippen molar-refractivity contribution in [2.45, 2.75) is 45.4 Å². The molecule has 0 radical (unpaired) electrons. The number of hydrogen-bond donors (Lipinski definition) is 1. The van der Waals surface area contributed by atoms with Crippen molar-refractivity contribution < 1.29 is 9.18 Å². The fourth-order valence-corrected chi connectivity index (χ4v) is 4.22. The zero-order valence-corrected chi connectivity index (χ0v) is 19.5. The van der Waals surface area contributed by atoms with E-state index in [1.807, 2.05) is 18.2 Å². The Kier molecular flexibility index (Phi) is 6.72. The largest absolute Gasteiger partial charge is 0.356 e. The van der Waals surface area contributed by atoms with E-state index in [9.17, 15) is 9.18 Å². The molecule has 1 unspecified atom stereocenters. The highest BCUT2D eigenvalue weighted by molar-refractivity contribution is 5.81. The van der Waals surface area contributed by atoms with Crippen molar-refractivity contribution in [3.05, 3.63) is 77.7 Å². The standard InChI is InChI=1S/C27H31FN4O/c1-27(2,3)21-6-4-5-19(15-21)16-24(33)17-20-12-14-32(18-20)25-11-13-29-26(31-25)30-23-9-7-22(28)8-10-23/h4-11,13,15,20H,12,14,16-18H2,1-3H3,(H,29,30,31). The number of carbonyl (C=O) groups is 1. The van der Waals surface area contributed by atoms with Crippen molar-refractivity contribution in [1.29, 1.82) is 0 Å². The molecule has 33 heavy (non-hydrogen) atoms. The highest BCUT2D eigenvalue weighted by Gasteiger charge is 2.26. The Morgan fingerprint density at radius 3 is 2.70 bits per heavy atom. The number of ketones is 1. The Hall–Kier alpha value is -3.28. The molecule has 1 saturated heterocycles. The van der Waals surface area contributed by atoms with Gasteiger partial charge in [-0.2, -0.15) is 4.98 Å². The molecular weight excluding hydrogens is 415 g/mol. The minimum atomic E-state index is -0.283. The van der Waals surface area contributed by atoms with Crippen LogP contribution in [0.4, 0.5) is 21.8 Å². The van der Waals surface area contributed by atoms with E-state index in [2.05, 4.69) is 53.1 Å². The number of nitrogens with zero attached hydrogens (tertiary/aromatic N) is 3. The van der Waals surface area contributed by atoms with Crippen LogP contribution in [0.2, 0.25) is 0 Å². The van der Waals surface area contributed by atoms with Crippen molar-refractivity contribution in [2.24, 2.45) is 5.92 Å². The first-order chi connectivity index (χ1) is 15.8. The summed E-state index contributed by atoms with van der Waals surface area (Å²) in [4.78, 5) is 23.9. The third-order valence-electron chi connectivity index (χ3n) is 6.06. The number of nitrogens with one attached hydrogen (secondary N) is 1. The van der Waals surface area contributed by atoms with Crippen LogP contribution >= 0.6 is 0 Å². The minimum Gasteiger partial charge on any atom is -0.356 e. The summed E-state index contributed by atoms with van der Waals surface area (Å²) in [5.74, 6) is 1.63. The van der Waals surface area contributed by atoms with Crippen LogP contribution in [0.5, 0.6) is 0 Å². The zero-order chi connectivity index (χ0) is 23.4. The first kappa shape index (κ1) is 22.9. The Labute approximate surface area is 195 Å². The lowest BCUT2D eigenvalue weighted by Crippen LogP contribution is -2.22. The number of hydrogen-bond acceptors (Lipinski definition) is 5. The van der Waals surface area contributed by atoms with Gasteiger partial charge in [-0.15, -0.1) is 0 Å². The number of benzene rings is 2. The van der Waals surface area contributed by atoms with Gasteiger partial charge in [0.1, 0.15) is 17.4 Å². The quantitative estimate of drug-likeness (QED) is 0.506. The van der Waals surface area contributed by atoms with Gasteiger partial charge in [0, 0.05) is 37.8 Å². The molecule has 1 N–H and O–H groups in total. The van der Waals surface area contributed by atoms with Gasteiger partial charge in [-0.05, 0) is 59.2 Å². The van der Waals surface area contributed by atoms with E-state index < -0.39 is 0 Å². The molecule has 0 spiro atoms. The van der Waals surface area contributed by atoms with Crippen LogP contribution in [-0.2, 0) is 16.6 Å². The Bertz CT molecular complexity index is 1110. The summed E-state index contributed by atoms with van der Waals surface area (Å²) < 4.78 is 13.1. The maximum Gasteiger partial charge on any atom is 0.229 e. The molecule has 1 atom stereocenters. The molecule has 2 heterocycles. The minimum absolute atomic E-state index is 0.0764. The van der Waals surface area contributed by atoms with E-state index in [4.69, 9.17) is 0 Å². The average Bonchev–Trinajstić information content (AvgIpc) is 3.23. The molecule has 4 rings (SSSR count). The smallest absolute Gasteiger partial charge is 0.229 e. The molecule has 1 fully saturated rings. The molecule has 3 aromatic rings. The van der Waals surface area contributed by atoms with Crippen LogP contribution in [0.1, 0.15) is 44.7 Å².